The molecule has 2 atom stereocenters. The number of aromatic nitrogens is 1. The number of carbonyl (C=O) groups is 2. The molecule has 0 saturated carbocycles. The molecule has 11 heteroatoms. The maximum Gasteiger partial charge on any atom is 0.357 e. The van der Waals surface area contributed by atoms with E-state index in [0.717, 1.165) is 6.26 Å². The summed E-state index contributed by atoms with van der Waals surface area (Å²) in [5.41, 5.74) is -0.189. The van der Waals surface area contributed by atoms with Crippen LogP contribution in [0.4, 0.5) is 0 Å². The summed E-state index contributed by atoms with van der Waals surface area (Å²) in [5.74, 6) is -1.89. The summed E-state index contributed by atoms with van der Waals surface area (Å²) >= 11 is 0. The Morgan fingerprint density at radius 3 is 2.44 bits per heavy atom. The van der Waals surface area contributed by atoms with Crippen LogP contribution in [0.25, 0.3) is 0 Å². The van der Waals surface area contributed by atoms with Crippen molar-refractivity contribution in [3.05, 3.63) is 17.8 Å². The number of fused-ring (bicyclic) bond motifs is 1. The number of oxazole rings is 1. The van der Waals surface area contributed by atoms with Crippen molar-refractivity contribution < 1.29 is 32.6 Å². The minimum absolute atomic E-state index is 0.000253. The average molecular weight is 373 g/mol. The third-order valence-electron chi connectivity index (χ3n) is 4.63. The highest BCUT2D eigenvalue weighted by Crippen LogP contribution is 2.28. The Balaban J connectivity index is 1.73. The lowest BCUT2D eigenvalue weighted by Gasteiger charge is -2.43. The topological polar surface area (TPSA) is 141 Å². The van der Waals surface area contributed by atoms with E-state index in [0.29, 0.717) is 19.6 Å². The van der Waals surface area contributed by atoms with Crippen LogP contribution in [-0.2, 0) is 21.2 Å². The first-order chi connectivity index (χ1) is 11.7. The van der Waals surface area contributed by atoms with Crippen LogP contribution >= 0.6 is 0 Å². The maximum absolute atomic E-state index is 12.1. The molecule has 0 amide bonds. The van der Waals surface area contributed by atoms with Crippen molar-refractivity contribution in [2.24, 2.45) is 0 Å². The highest BCUT2D eigenvalue weighted by Gasteiger charge is 2.46. The third kappa shape index (κ3) is 3.99. The molecule has 0 spiro atoms. The van der Waals surface area contributed by atoms with Crippen LogP contribution in [0.3, 0.4) is 0 Å². The number of carboxylic acid groups (broad SMARTS) is 2. The van der Waals surface area contributed by atoms with Gasteiger partial charge in [0.15, 0.2) is 15.5 Å². The van der Waals surface area contributed by atoms with Crippen molar-refractivity contribution in [3.63, 3.8) is 0 Å². The first-order valence-electron chi connectivity index (χ1n) is 7.83. The fraction of sp³-hybridized carbons (Fsp3) is 0.643. The SMILES string of the molecule is O=C(O)CCN1CCN(Cc2nc(C(=O)O)co2)[C@@H]2CS(=O)(=O)C[C@@H]21. The molecule has 0 bridgehead atoms. The molecular formula is C14H19N3O7S. The predicted molar refractivity (Wildman–Crippen MR) is 83.9 cm³/mol. The van der Waals surface area contributed by atoms with Gasteiger partial charge in [-0.25, -0.2) is 18.2 Å². The summed E-state index contributed by atoms with van der Waals surface area (Å²) in [5, 5.41) is 17.7. The van der Waals surface area contributed by atoms with E-state index in [4.69, 9.17) is 14.6 Å². The van der Waals surface area contributed by atoms with Crippen LogP contribution in [-0.4, -0.2) is 88.6 Å². The number of rotatable bonds is 6. The molecule has 25 heavy (non-hydrogen) atoms. The lowest BCUT2D eigenvalue weighted by Crippen LogP contribution is -2.58. The molecule has 2 fully saturated rings. The van der Waals surface area contributed by atoms with Crippen molar-refractivity contribution in [1.82, 2.24) is 14.8 Å². The quantitative estimate of drug-likeness (QED) is 0.646. The van der Waals surface area contributed by atoms with E-state index >= 15 is 0 Å². The van der Waals surface area contributed by atoms with Crippen molar-refractivity contribution in [2.75, 3.05) is 31.1 Å². The van der Waals surface area contributed by atoms with Gasteiger partial charge in [0, 0.05) is 31.7 Å². The molecule has 0 unspecified atom stereocenters. The number of hydrogen-bond donors (Lipinski definition) is 2. The summed E-state index contributed by atoms with van der Waals surface area (Å²) in [7, 11) is -3.21. The molecule has 3 heterocycles. The Kier molecular flexibility index (Phi) is 4.80. The van der Waals surface area contributed by atoms with Gasteiger partial charge in [-0.15, -0.1) is 0 Å². The minimum atomic E-state index is -3.21. The standard InChI is InChI=1S/C14H19N3O7S/c18-13(19)1-2-16-3-4-17(11-8-25(22,23)7-10(11)16)5-12-15-9(6-24-12)14(20)21/h6,10-11H,1-5,7-8H2,(H,18,19)(H,20,21)/t10-,11+/m0/s1. The van der Waals surface area contributed by atoms with Gasteiger partial charge in [0.05, 0.1) is 24.5 Å². The third-order valence-corrected chi connectivity index (χ3v) is 6.33. The predicted octanol–water partition coefficient (Wildman–Crippen LogP) is -0.869. The first-order valence-corrected chi connectivity index (χ1v) is 9.65. The van der Waals surface area contributed by atoms with Gasteiger partial charge in [0.1, 0.15) is 6.26 Å². The smallest absolute Gasteiger partial charge is 0.357 e. The highest BCUT2D eigenvalue weighted by molar-refractivity contribution is 7.91. The Labute approximate surface area is 144 Å². The number of carboxylic acids is 2. The molecule has 138 valence electrons. The summed E-state index contributed by atoms with van der Waals surface area (Å²) in [6.07, 6.45) is 1.02. The van der Waals surface area contributed by atoms with Crippen molar-refractivity contribution in [1.29, 1.82) is 0 Å². The van der Waals surface area contributed by atoms with Gasteiger partial charge in [-0.3, -0.25) is 14.6 Å². The lowest BCUT2D eigenvalue weighted by molar-refractivity contribution is -0.137. The van der Waals surface area contributed by atoms with Crippen LogP contribution < -0.4 is 0 Å². The molecule has 3 rings (SSSR count). The molecular weight excluding hydrogens is 354 g/mol. The van der Waals surface area contributed by atoms with Crippen molar-refractivity contribution in [3.8, 4) is 0 Å². The van der Waals surface area contributed by atoms with Gasteiger partial charge in [0.25, 0.3) is 0 Å². The maximum atomic E-state index is 12.1. The molecule has 10 nitrogen and oxygen atoms in total. The lowest BCUT2D eigenvalue weighted by atomic mass is 10.0. The zero-order valence-corrected chi connectivity index (χ0v) is 14.2. The second kappa shape index (κ2) is 6.73. The Bertz CT molecular complexity index is 775. The molecule has 0 radical (unpaired) electrons. The Morgan fingerprint density at radius 2 is 1.84 bits per heavy atom. The van der Waals surface area contributed by atoms with Gasteiger partial charge in [-0.05, 0) is 0 Å². The Morgan fingerprint density at radius 1 is 1.20 bits per heavy atom. The van der Waals surface area contributed by atoms with E-state index in [9.17, 15) is 18.0 Å². The summed E-state index contributed by atoms with van der Waals surface area (Å²) in [6.45, 7) is 1.59. The molecule has 2 aliphatic heterocycles. The molecule has 0 aliphatic carbocycles. The highest BCUT2D eigenvalue weighted by atomic mass is 32.2. The largest absolute Gasteiger partial charge is 0.481 e. The number of piperazine rings is 1. The van der Waals surface area contributed by atoms with E-state index in [1.807, 2.05) is 9.80 Å². The van der Waals surface area contributed by atoms with Gasteiger partial charge < -0.3 is 14.6 Å². The summed E-state index contributed by atoms with van der Waals surface area (Å²) in [4.78, 5) is 29.4. The number of aliphatic carboxylic acids is 1. The van der Waals surface area contributed by atoms with Crippen LogP contribution in [0.15, 0.2) is 10.7 Å². The fourth-order valence-corrected chi connectivity index (χ4v) is 5.51. The van der Waals surface area contributed by atoms with Gasteiger partial charge in [0.2, 0.25) is 5.89 Å². The van der Waals surface area contributed by atoms with Crippen LogP contribution in [0.2, 0.25) is 0 Å². The van der Waals surface area contributed by atoms with E-state index in [1.165, 1.54) is 0 Å². The first kappa shape index (κ1) is 17.8. The van der Waals surface area contributed by atoms with Crippen LogP contribution in [0.1, 0.15) is 22.8 Å². The molecule has 2 saturated heterocycles. The van der Waals surface area contributed by atoms with E-state index in [1.54, 1.807) is 0 Å². The van der Waals surface area contributed by atoms with Crippen LogP contribution in [0.5, 0.6) is 0 Å². The monoisotopic (exact) mass is 373 g/mol. The summed E-state index contributed by atoms with van der Waals surface area (Å²) in [6, 6.07) is -0.556. The second-order valence-corrected chi connectivity index (χ2v) is 8.45. The van der Waals surface area contributed by atoms with Crippen molar-refractivity contribution in [2.45, 2.75) is 25.0 Å². The molecule has 2 aliphatic rings. The zero-order chi connectivity index (χ0) is 18.2. The summed E-state index contributed by atoms with van der Waals surface area (Å²) < 4.78 is 29.3. The Hall–Kier alpha value is -1.98. The molecule has 0 aromatic carbocycles. The fourth-order valence-electron chi connectivity index (χ4n) is 3.47. The van der Waals surface area contributed by atoms with Gasteiger partial charge >= 0.3 is 11.9 Å². The van der Waals surface area contributed by atoms with E-state index in [2.05, 4.69) is 4.98 Å². The zero-order valence-electron chi connectivity index (χ0n) is 13.4. The molecule has 2 N–H and O–H groups in total. The number of aromatic carboxylic acids is 1. The normalized spacial score (nSPS) is 26.4. The minimum Gasteiger partial charge on any atom is -0.481 e. The van der Waals surface area contributed by atoms with E-state index in [-0.39, 0.29) is 48.1 Å². The number of nitrogens with zero attached hydrogens (tertiary/aromatic N) is 3. The molecule has 1 aromatic heterocycles. The van der Waals surface area contributed by atoms with E-state index < -0.39 is 21.8 Å². The van der Waals surface area contributed by atoms with Gasteiger partial charge in [-0.1, -0.05) is 0 Å². The van der Waals surface area contributed by atoms with Crippen LogP contribution in [0, 0.1) is 0 Å². The van der Waals surface area contributed by atoms with Crippen molar-refractivity contribution >= 4 is 21.8 Å². The number of hydrogen-bond acceptors (Lipinski definition) is 8. The second-order valence-electron chi connectivity index (χ2n) is 6.29. The number of sulfone groups is 1. The van der Waals surface area contributed by atoms with Gasteiger partial charge in [-0.2, -0.15) is 0 Å². The average Bonchev–Trinajstić information content (AvgIpc) is 3.10. The molecule has 1 aromatic rings.